The topological polar surface area (TPSA) is 118 Å². The summed E-state index contributed by atoms with van der Waals surface area (Å²) in [5, 5.41) is 6.73. The average Bonchev–Trinajstić information content (AvgIpc) is 3.27. The lowest BCUT2D eigenvalue weighted by Crippen LogP contribution is -2.29. The van der Waals surface area contributed by atoms with Crippen LogP contribution in [-0.2, 0) is 10.0 Å². The summed E-state index contributed by atoms with van der Waals surface area (Å²) in [6, 6.07) is 8.07. The zero-order valence-corrected chi connectivity index (χ0v) is 18.2. The van der Waals surface area contributed by atoms with Crippen LogP contribution in [0.25, 0.3) is 11.4 Å². The fraction of sp³-hybridized carbons (Fsp3) is 0.286. The molecule has 2 aromatic heterocycles. The number of sulfonamides is 1. The molecule has 168 valence electrons. The van der Waals surface area contributed by atoms with Gasteiger partial charge in [-0.2, -0.15) is 4.98 Å². The number of rotatable bonds is 8. The Balaban J connectivity index is 1.59. The maximum absolute atomic E-state index is 13.6. The van der Waals surface area contributed by atoms with Crippen LogP contribution in [0.15, 0.2) is 48.9 Å². The smallest absolute Gasteiger partial charge is 0.246 e. The minimum atomic E-state index is -3.37. The Morgan fingerprint density at radius 1 is 1.22 bits per heavy atom. The van der Waals surface area contributed by atoms with Gasteiger partial charge in [0.25, 0.3) is 0 Å². The van der Waals surface area contributed by atoms with Gasteiger partial charge in [0, 0.05) is 30.0 Å². The van der Waals surface area contributed by atoms with Crippen LogP contribution >= 0.6 is 0 Å². The van der Waals surface area contributed by atoms with Gasteiger partial charge in [0.2, 0.25) is 15.9 Å². The molecular formula is C21H23FN6O3S. The van der Waals surface area contributed by atoms with Crippen LogP contribution in [0.1, 0.15) is 12.8 Å². The Kier molecular flexibility index (Phi) is 6.47. The summed E-state index contributed by atoms with van der Waals surface area (Å²) in [6.07, 6.45) is 7.47. The van der Waals surface area contributed by atoms with Gasteiger partial charge in [-0.1, -0.05) is 0 Å². The first-order chi connectivity index (χ1) is 15.4. The highest BCUT2D eigenvalue weighted by Gasteiger charge is 2.17. The van der Waals surface area contributed by atoms with Crippen LogP contribution < -0.4 is 20.1 Å². The molecule has 0 amide bonds. The van der Waals surface area contributed by atoms with Crippen molar-refractivity contribution in [2.24, 2.45) is 0 Å². The van der Waals surface area contributed by atoms with Gasteiger partial charge in [-0.3, -0.25) is 9.71 Å². The quantitative estimate of drug-likeness (QED) is 0.472. The molecule has 1 fully saturated rings. The van der Waals surface area contributed by atoms with E-state index in [0.717, 1.165) is 31.8 Å². The van der Waals surface area contributed by atoms with E-state index in [1.807, 2.05) is 0 Å². The van der Waals surface area contributed by atoms with Crippen molar-refractivity contribution in [2.45, 2.75) is 18.9 Å². The van der Waals surface area contributed by atoms with Crippen molar-refractivity contribution in [1.29, 1.82) is 0 Å². The fourth-order valence-corrected chi connectivity index (χ4v) is 3.88. The summed E-state index contributed by atoms with van der Waals surface area (Å²) in [5.74, 6) is 0.498. The minimum Gasteiger partial charge on any atom is -0.437 e. The summed E-state index contributed by atoms with van der Waals surface area (Å²) in [7, 11) is -3.37. The Bertz CT molecular complexity index is 1180. The molecule has 3 heterocycles. The molecule has 0 radical (unpaired) electrons. The van der Waals surface area contributed by atoms with Gasteiger partial charge in [0.1, 0.15) is 17.3 Å². The number of nitrogens with one attached hydrogen (secondary N) is 3. The summed E-state index contributed by atoms with van der Waals surface area (Å²) >= 11 is 0. The number of aromatic nitrogens is 3. The Morgan fingerprint density at radius 2 is 2.03 bits per heavy atom. The van der Waals surface area contributed by atoms with E-state index >= 15 is 0 Å². The maximum Gasteiger partial charge on any atom is 0.246 e. The van der Waals surface area contributed by atoms with Gasteiger partial charge < -0.3 is 15.4 Å². The van der Waals surface area contributed by atoms with E-state index < -0.39 is 15.8 Å². The van der Waals surface area contributed by atoms with E-state index in [1.165, 1.54) is 12.3 Å². The van der Waals surface area contributed by atoms with E-state index in [-0.39, 0.29) is 11.7 Å². The Hall–Kier alpha value is -3.31. The third-order valence-electron chi connectivity index (χ3n) is 4.79. The molecule has 1 atom stereocenters. The van der Waals surface area contributed by atoms with Gasteiger partial charge in [-0.15, -0.1) is 0 Å². The van der Waals surface area contributed by atoms with Crippen LogP contribution in [0.4, 0.5) is 15.8 Å². The third-order valence-corrected chi connectivity index (χ3v) is 5.40. The molecule has 32 heavy (non-hydrogen) atoms. The SMILES string of the molecule is CS(=O)(=O)Nc1ccc(Oc2nc(-c3cncc(F)c3)ncc2NC[C@@H]2CCCN2)cc1. The minimum absolute atomic E-state index is 0.265. The molecule has 1 saturated heterocycles. The van der Waals surface area contributed by atoms with Crippen molar-refractivity contribution in [3.8, 4) is 23.0 Å². The number of anilines is 2. The van der Waals surface area contributed by atoms with Crippen molar-refractivity contribution in [3.63, 3.8) is 0 Å². The monoisotopic (exact) mass is 458 g/mol. The predicted octanol–water partition coefficient (Wildman–Crippen LogP) is 3.01. The highest BCUT2D eigenvalue weighted by Crippen LogP contribution is 2.30. The first-order valence-electron chi connectivity index (χ1n) is 10.1. The van der Waals surface area contributed by atoms with E-state index in [1.54, 1.807) is 30.5 Å². The van der Waals surface area contributed by atoms with Crippen LogP contribution in [-0.4, -0.2) is 48.8 Å². The molecule has 3 N–H and O–H groups in total. The van der Waals surface area contributed by atoms with E-state index in [9.17, 15) is 12.8 Å². The zero-order valence-electron chi connectivity index (χ0n) is 17.4. The molecule has 0 spiro atoms. The first kappa shape index (κ1) is 21.9. The molecule has 0 bridgehead atoms. The van der Waals surface area contributed by atoms with Gasteiger partial charge in [-0.25, -0.2) is 17.8 Å². The lowest BCUT2D eigenvalue weighted by Gasteiger charge is -2.16. The molecule has 0 aliphatic carbocycles. The lowest BCUT2D eigenvalue weighted by molar-refractivity contribution is 0.464. The van der Waals surface area contributed by atoms with Gasteiger partial charge in [-0.05, 0) is 49.7 Å². The van der Waals surface area contributed by atoms with Gasteiger partial charge in [0.05, 0.1) is 18.6 Å². The van der Waals surface area contributed by atoms with Crippen molar-refractivity contribution < 1.29 is 17.5 Å². The van der Waals surface area contributed by atoms with Crippen molar-refractivity contribution >= 4 is 21.4 Å². The number of nitrogens with zero attached hydrogens (tertiary/aromatic N) is 3. The average molecular weight is 459 g/mol. The number of benzene rings is 1. The van der Waals surface area contributed by atoms with Crippen LogP contribution in [0, 0.1) is 5.82 Å². The number of pyridine rings is 1. The zero-order chi connectivity index (χ0) is 22.6. The maximum atomic E-state index is 13.6. The second-order valence-electron chi connectivity index (χ2n) is 7.48. The van der Waals surface area contributed by atoms with Gasteiger partial charge >= 0.3 is 0 Å². The largest absolute Gasteiger partial charge is 0.437 e. The normalized spacial score (nSPS) is 16.0. The second-order valence-corrected chi connectivity index (χ2v) is 9.23. The van der Waals surface area contributed by atoms with Crippen LogP contribution in [0.5, 0.6) is 11.6 Å². The van der Waals surface area contributed by atoms with E-state index in [2.05, 4.69) is 30.3 Å². The summed E-state index contributed by atoms with van der Waals surface area (Å²) < 4.78 is 44.8. The third kappa shape index (κ3) is 5.89. The highest BCUT2D eigenvalue weighted by atomic mass is 32.2. The molecule has 1 aliphatic rings. The first-order valence-corrected chi connectivity index (χ1v) is 12.0. The Morgan fingerprint density at radius 3 is 2.72 bits per heavy atom. The number of ether oxygens (including phenoxy) is 1. The van der Waals surface area contributed by atoms with Crippen molar-refractivity contribution in [2.75, 3.05) is 29.4 Å². The standard InChI is InChI=1S/C21H23FN6O3S/c1-32(29,30)28-16-4-6-18(7-5-16)31-21-19(25-12-17-3-2-8-24-17)13-26-20(27-21)14-9-15(22)11-23-10-14/h4-7,9-11,13,17,24-25,28H,2-3,8,12H2,1H3/t17-/m0/s1. The molecule has 3 aromatic rings. The molecule has 11 heteroatoms. The Labute approximate surface area is 185 Å². The summed E-state index contributed by atoms with van der Waals surface area (Å²) in [6.45, 7) is 1.67. The summed E-state index contributed by atoms with van der Waals surface area (Å²) in [5.41, 5.74) is 1.43. The lowest BCUT2D eigenvalue weighted by atomic mass is 10.2. The molecule has 9 nitrogen and oxygen atoms in total. The van der Waals surface area contributed by atoms with Crippen molar-refractivity contribution in [1.82, 2.24) is 20.3 Å². The van der Waals surface area contributed by atoms with Crippen LogP contribution in [0.2, 0.25) is 0 Å². The van der Waals surface area contributed by atoms with Crippen molar-refractivity contribution in [3.05, 3.63) is 54.7 Å². The van der Waals surface area contributed by atoms with Gasteiger partial charge in [0.15, 0.2) is 5.82 Å². The second kappa shape index (κ2) is 9.45. The van der Waals surface area contributed by atoms with E-state index in [0.29, 0.717) is 35.3 Å². The fourth-order valence-electron chi connectivity index (χ4n) is 3.32. The predicted molar refractivity (Wildman–Crippen MR) is 120 cm³/mol. The number of hydrogen-bond acceptors (Lipinski definition) is 8. The molecule has 4 rings (SSSR count). The summed E-state index contributed by atoms with van der Waals surface area (Å²) in [4.78, 5) is 12.7. The number of hydrogen-bond donors (Lipinski definition) is 3. The molecular weight excluding hydrogens is 435 g/mol. The molecule has 1 aliphatic heterocycles. The number of halogens is 1. The van der Waals surface area contributed by atoms with Crippen LogP contribution in [0.3, 0.4) is 0 Å². The molecule has 0 saturated carbocycles. The van der Waals surface area contributed by atoms with E-state index in [4.69, 9.17) is 4.74 Å². The molecule has 1 aromatic carbocycles. The molecule has 0 unspecified atom stereocenters. The highest BCUT2D eigenvalue weighted by molar-refractivity contribution is 7.92.